The zero-order valence-electron chi connectivity index (χ0n) is 17.2. The van der Waals surface area contributed by atoms with Gasteiger partial charge in [-0.05, 0) is 44.0 Å². The zero-order chi connectivity index (χ0) is 22.7. The maximum atomic E-state index is 12.4. The fraction of sp³-hybridized carbons (Fsp3) is 0.421. The van der Waals surface area contributed by atoms with Crippen molar-refractivity contribution in [2.24, 2.45) is 0 Å². The molecule has 1 saturated heterocycles. The summed E-state index contributed by atoms with van der Waals surface area (Å²) in [5.74, 6) is -2.65. The summed E-state index contributed by atoms with van der Waals surface area (Å²) in [5, 5.41) is 35.9. The summed E-state index contributed by atoms with van der Waals surface area (Å²) in [4.78, 5) is 36.1. The van der Waals surface area contributed by atoms with Crippen LogP contribution in [0, 0.1) is 0 Å². The highest BCUT2D eigenvalue weighted by Gasteiger charge is 2.37. The highest BCUT2D eigenvalue weighted by molar-refractivity contribution is 6.47. The first-order chi connectivity index (χ1) is 15.4. The number of rotatable bonds is 6. The van der Waals surface area contributed by atoms with Crippen molar-refractivity contribution in [1.29, 1.82) is 0 Å². The van der Waals surface area contributed by atoms with Crippen LogP contribution in [0.1, 0.15) is 39.3 Å². The van der Waals surface area contributed by atoms with Crippen LogP contribution < -0.4 is 20.6 Å². The highest BCUT2D eigenvalue weighted by Crippen LogP contribution is 2.30. The van der Waals surface area contributed by atoms with E-state index < -0.39 is 24.9 Å². The molecule has 0 bridgehead atoms. The lowest BCUT2D eigenvalue weighted by Crippen LogP contribution is -2.53. The van der Waals surface area contributed by atoms with Gasteiger partial charge in [0.15, 0.2) is 5.69 Å². The van der Waals surface area contributed by atoms with E-state index in [0.717, 1.165) is 25.9 Å². The van der Waals surface area contributed by atoms with Crippen molar-refractivity contribution in [3.05, 3.63) is 41.2 Å². The molecule has 1 aromatic heterocycles. The van der Waals surface area contributed by atoms with Gasteiger partial charge in [0.05, 0.1) is 17.7 Å². The highest BCUT2D eigenvalue weighted by atomic mass is 16.5. The zero-order valence-corrected chi connectivity index (χ0v) is 17.2. The number of carboxylic acids is 1. The first-order valence-corrected chi connectivity index (χ1v) is 10.3. The van der Waals surface area contributed by atoms with Crippen LogP contribution in [-0.2, 0) is 17.8 Å². The van der Waals surface area contributed by atoms with E-state index in [9.17, 15) is 24.5 Å². The fourth-order valence-corrected chi connectivity index (χ4v) is 3.82. The molecular weight excluding hydrogens is 419 g/mol. The Hall–Kier alpha value is -3.45. The topological polar surface area (TPSA) is 168 Å². The second-order valence-corrected chi connectivity index (χ2v) is 7.78. The first kappa shape index (κ1) is 21.8. The van der Waals surface area contributed by atoms with Crippen LogP contribution in [-0.4, -0.2) is 75.1 Å². The molecule has 2 aromatic rings. The molecule has 1 fully saturated rings. The summed E-state index contributed by atoms with van der Waals surface area (Å²) < 4.78 is 6.60. The van der Waals surface area contributed by atoms with Crippen LogP contribution >= 0.6 is 0 Å². The molecule has 2 amide bonds. The number of fused-ring (bicyclic) bond motifs is 1. The standard InChI is InChI=1S/C19H23BN6O6/c27-16(10-26-9-14(24-25-26)18(28)22-12-4-6-21-7-5-12)23-15-8-11-2-1-3-13(19(29)30)17(11)32-20(15)31/h1-3,9,12,15,21,31H,4-8,10H2,(H,22,28)(H,23,27)(H,29,30)/t15-/m0/s1. The minimum absolute atomic E-state index is 0.0516. The van der Waals surface area contributed by atoms with Gasteiger partial charge in [-0.25, -0.2) is 9.48 Å². The van der Waals surface area contributed by atoms with Gasteiger partial charge in [-0.2, -0.15) is 0 Å². The number of nitrogens with zero attached hydrogens (tertiary/aromatic N) is 3. The predicted octanol–water partition coefficient (Wildman–Crippen LogP) is -1.40. The first-order valence-electron chi connectivity index (χ1n) is 10.3. The van der Waals surface area contributed by atoms with Crippen molar-refractivity contribution in [2.45, 2.75) is 37.8 Å². The molecule has 0 aliphatic carbocycles. The number of para-hydroxylation sites is 1. The van der Waals surface area contributed by atoms with Gasteiger partial charge in [-0.15, -0.1) is 5.10 Å². The van der Waals surface area contributed by atoms with E-state index in [-0.39, 0.29) is 41.9 Å². The number of aromatic carboxylic acids is 1. The molecule has 1 aromatic carbocycles. The average molecular weight is 442 g/mol. The lowest BCUT2D eigenvalue weighted by atomic mass is 9.72. The minimum Gasteiger partial charge on any atom is -0.534 e. The molecule has 0 radical (unpaired) electrons. The number of carboxylic acid groups (broad SMARTS) is 1. The van der Waals surface area contributed by atoms with Crippen molar-refractivity contribution >= 4 is 24.9 Å². The Bertz CT molecular complexity index is 1020. The molecule has 1 atom stereocenters. The molecule has 12 nitrogen and oxygen atoms in total. The number of hydrogen-bond donors (Lipinski definition) is 5. The van der Waals surface area contributed by atoms with Gasteiger partial charge in [0.2, 0.25) is 5.91 Å². The third kappa shape index (κ3) is 4.89. The Morgan fingerprint density at radius 1 is 1.25 bits per heavy atom. The number of aromatic nitrogens is 3. The van der Waals surface area contributed by atoms with Gasteiger partial charge in [0.1, 0.15) is 12.3 Å². The predicted molar refractivity (Wildman–Crippen MR) is 111 cm³/mol. The summed E-state index contributed by atoms with van der Waals surface area (Å²) in [6.45, 7) is 1.48. The molecule has 4 rings (SSSR count). The molecule has 5 N–H and O–H groups in total. The molecular formula is C19H23BN6O6. The smallest absolute Gasteiger partial charge is 0.534 e. The van der Waals surface area contributed by atoms with Crippen LogP contribution in [0.2, 0.25) is 0 Å². The van der Waals surface area contributed by atoms with Crippen LogP contribution in [0.15, 0.2) is 24.4 Å². The van der Waals surface area contributed by atoms with Gasteiger partial charge in [0.25, 0.3) is 5.91 Å². The summed E-state index contributed by atoms with van der Waals surface area (Å²) >= 11 is 0. The van der Waals surface area contributed by atoms with Crippen LogP contribution in [0.25, 0.3) is 0 Å². The van der Waals surface area contributed by atoms with Gasteiger partial charge < -0.3 is 30.7 Å². The SMILES string of the molecule is O=C(Cn1cc(C(=O)NC2CCNCC2)nn1)N[C@H]1Cc2cccc(C(=O)O)c2OB1O. The molecule has 32 heavy (non-hydrogen) atoms. The molecule has 13 heteroatoms. The monoisotopic (exact) mass is 442 g/mol. The number of carbonyl (C=O) groups is 3. The van der Waals surface area contributed by atoms with Gasteiger partial charge in [-0.3, -0.25) is 9.59 Å². The molecule has 0 spiro atoms. The quantitative estimate of drug-likeness (QED) is 0.338. The molecule has 0 unspecified atom stereocenters. The Kier molecular flexibility index (Phi) is 6.37. The second kappa shape index (κ2) is 9.36. The van der Waals surface area contributed by atoms with Crippen LogP contribution in [0.4, 0.5) is 0 Å². The van der Waals surface area contributed by atoms with Crippen molar-refractivity contribution < 1.29 is 29.2 Å². The summed E-state index contributed by atoms with van der Waals surface area (Å²) in [7, 11) is -1.41. The van der Waals surface area contributed by atoms with E-state index in [2.05, 4.69) is 26.3 Å². The van der Waals surface area contributed by atoms with Crippen molar-refractivity contribution in [1.82, 2.24) is 30.9 Å². The maximum absolute atomic E-state index is 12.4. The third-order valence-electron chi connectivity index (χ3n) is 5.45. The number of nitrogens with one attached hydrogen (secondary N) is 3. The maximum Gasteiger partial charge on any atom is 0.547 e. The normalized spacial score (nSPS) is 18.4. The Morgan fingerprint density at radius 3 is 2.78 bits per heavy atom. The van der Waals surface area contributed by atoms with E-state index in [1.165, 1.54) is 16.9 Å². The number of piperidine rings is 1. The van der Waals surface area contributed by atoms with Gasteiger partial charge in [0, 0.05) is 6.04 Å². The van der Waals surface area contributed by atoms with E-state index >= 15 is 0 Å². The lowest BCUT2D eigenvalue weighted by Gasteiger charge is -2.28. The number of amides is 2. The Labute approximate surface area is 183 Å². The van der Waals surface area contributed by atoms with E-state index in [0.29, 0.717) is 5.56 Å². The van der Waals surface area contributed by atoms with Crippen molar-refractivity contribution in [2.75, 3.05) is 13.1 Å². The molecule has 2 aliphatic rings. The largest absolute Gasteiger partial charge is 0.547 e. The summed E-state index contributed by atoms with van der Waals surface area (Å²) in [6, 6.07) is 4.72. The number of carbonyl (C=O) groups excluding carboxylic acids is 2. The average Bonchev–Trinajstić information content (AvgIpc) is 3.23. The van der Waals surface area contributed by atoms with Gasteiger partial charge in [-0.1, -0.05) is 17.3 Å². The minimum atomic E-state index is -1.41. The second-order valence-electron chi connectivity index (χ2n) is 7.78. The lowest BCUT2D eigenvalue weighted by molar-refractivity contribution is -0.122. The van der Waals surface area contributed by atoms with E-state index in [4.69, 9.17) is 4.65 Å². The van der Waals surface area contributed by atoms with Crippen LogP contribution in [0.3, 0.4) is 0 Å². The summed E-state index contributed by atoms with van der Waals surface area (Å²) in [5.41, 5.74) is 0.634. The van der Waals surface area contributed by atoms with E-state index in [1.54, 1.807) is 12.1 Å². The van der Waals surface area contributed by atoms with E-state index in [1.807, 2.05) is 0 Å². The third-order valence-corrected chi connectivity index (χ3v) is 5.45. The number of hydrogen-bond acceptors (Lipinski definition) is 8. The molecule has 2 aliphatic heterocycles. The van der Waals surface area contributed by atoms with Gasteiger partial charge >= 0.3 is 13.1 Å². The Balaban J connectivity index is 1.34. The van der Waals surface area contributed by atoms with Crippen LogP contribution in [0.5, 0.6) is 5.75 Å². The van der Waals surface area contributed by atoms with Crippen molar-refractivity contribution in [3.63, 3.8) is 0 Å². The summed E-state index contributed by atoms with van der Waals surface area (Å²) in [6.07, 6.45) is 3.26. The molecule has 3 heterocycles. The molecule has 0 saturated carbocycles. The van der Waals surface area contributed by atoms with Crippen molar-refractivity contribution in [3.8, 4) is 5.75 Å². The molecule has 168 valence electrons. The Morgan fingerprint density at radius 2 is 2.03 bits per heavy atom. The fourth-order valence-electron chi connectivity index (χ4n) is 3.82. The number of benzene rings is 1.